The van der Waals surface area contributed by atoms with E-state index < -0.39 is 11.5 Å². The molecule has 2 atom stereocenters. The van der Waals surface area contributed by atoms with E-state index in [0.29, 0.717) is 6.04 Å². The number of likely N-dealkylation sites (tertiary alicyclic amines) is 1. The van der Waals surface area contributed by atoms with Crippen LogP contribution in [-0.2, 0) is 10.3 Å². The van der Waals surface area contributed by atoms with Gasteiger partial charge in [-0.15, -0.1) is 0 Å². The van der Waals surface area contributed by atoms with Gasteiger partial charge >= 0.3 is 5.97 Å². The Morgan fingerprint density at radius 3 is 1.71 bits per heavy atom. The normalized spacial score (nSPS) is 19.8. The third kappa shape index (κ3) is 4.15. The van der Waals surface area contributed by atoms with Crippen molar-refractivity contribution in [2.45, 2.75) is 44.2 Å². The van der Waals surface area contributed by atoms with E-state index in [2.05, 4.69) is 103 Å². The van der Waals surface area contributed by atoms with Crippen molar-refractivity contribution in [3.63, 3.8) is 0 Å². The van der Waals surface area contributed by atoms with E-state index in [9.17, 15) is 9.90 Å². The lowest BCUT2D eigenvalue weighted by molar-refractivity contribution is -0.138. The van der Waals surface area contributed by atoms with Crippen LogP contribution in [0.15, 0.2) is 91.0 Å². The smallest absolute Gasteiger partial charge is 0.303 e. The van der Waals surface area contributed by atoms with Crippen LogP contribution in [0.3, 0.4) is 0 Å². The molecule has 0 radical (unpaired) electrons. The molecule has 1 saturated heterocycles. The Morgan fingerprint density at radius 2 is 1.32 bits per heavy atom. The molecule has 0 aromatic heterocycles. The van der Waals surface area contributed by atoms with Crippen molar-refractivity contribution in [1.82, 2.24) is 4.90 Å². The Hall–Kier alpha value is -2.91. The quantitative estimate of drug-likeness (QED) is 0.487. The fourth-order valence-corrected chi connectivity index (χ4v) is 5.43. The Morgan fingerprint density at radius 1 is 0.871 bits per heavy atom. The zero-order valence-electron chi connectivity index (χ0n) is 18.2. The summed E-state index contributed by atoms with van der Waals surface area (Å²) in [6.45, 7) is 3.10. The van der Waals surface area contributed by atoms with Gasteiger partial charge in [0.1, 0.15) is 0 Å². The number of piperidine rings is 1. The van der Waals surface area contributed by atoms with Crippen molar-refractivity contribution in [2.75, 3.05) is 6.54 Å². The maximum atomic E-state index is 11.4. The number of aliphatic carboxylic acids is 1. The third-order valence-corrected chi connectivity index (χ3v) is 6.76. The van der Waals surface area contributed by atoms with E-state index in [4.69, 9.17) is 0 Å². The first-order chi connectivity index (χ1) is 15.2. The number of carboxylic acid groups (broad SMARTS) is 1. The van der Waals surface area contributed by atoms with Crippen molar-refractivity contribution < 1.29 is 9.90 Å². The van der Waals surface area contributed by atoms with Crippen LogP contribution >= 0.6 is 0 Å². The van der Waals surface area contributed by atoms with Gasteiger partial charge in [-0.25, -0.2) is 0 Å². The number of hydrogen-bond acceptors (Lipinski definition) is 2. The number of hydrogen-bond donors (Lipinski definition) is 1. The molecule has 3 aromatic carbocycles. The zero-order chi connectivity index (χ0) is 21.7. The minimum absolute atomic E-state index is 0.235. The van der Waals surface area contributed by atoms with Crippen LogP contribution in [0.25, 0.3) is 0 Å². The first kappa shape index (κ1) is 21.3. The standard InChI is InChI=1S/C28H31NO2/c1-2-26-20-22(21-27(30)31)18-19-29(26)28(23-12-6-3-7-13-23,24-14-8-4-9-15-24)25-16-10-5-11-17-25/h3-17,22,26H,2,18-21H2,1H3,(H,30,31). The molecule has 0 saturated carbocycles. The van der Waals surface area contributed by atoms with E-state index in [-0.39, 0.29) is 12.3 Å². The molecular formula is C28H31NO2. The maximum absolute atomic E-state index is 11.4. The molecule has 3 heteroatoms. The highest BCUT2D eigenvalue weighted by atomic mass is 16.4. The van der Waals surface area contributed by atoms with Crippen LogP contribution in [0.1, 0.15) is 49.3 Å². The topological polar surface area (TPSA) is 40.5 Å². The number of nitrogens with zero attached hydrogens (tertiary/aromatic N) is 1. The number of benzene rings is 3. The maximum Gasteiger partial charge on any atom is 0.303 e. The van der Waals surface area contributed by atoms with E-state index in [1.807, 2.05) is 0 Å². The molecule has 160 valence electrons. The Kier molecular flexibility index (Phi) is 6.53. The molecule has 4 rings (SSSR count). The van der Waals surface area contributed by atoms with Crippen molar-refractivity contribution in [1.29, 1.82) is 0 Å². The first-order valence-electron chi connectivity index (χ1n) is 11.3. The summed E-state index contributed by atoms with van der Waals surface area (Å²) in [7, 11) is 0. The minimum atomic E-state index is -0.686. The number of rotatable bonds is 7. The second-order valence-corrected chi connectivity index (χ2v) is 8.55. The van der Waals surface area contributed by atoms with Crippen molar-refractivity contribution in [2.24, 2.45) is 5.92 Å². The van der Waals surface area contributed by atoms with Crippen LogP contribution in [0, 0.1) is 5.92 Å². The summed E-state index contributed by atoms with van der Waals surface area (Å²) in [5.74, 6) is -0.451. The molecule has 0 amide bonds. The summed E-state index contributed by atoms with van der Waals surface area (Å²) in [6.07, 6.45) is 3.07. The summed E-state index contributed by atoms with van der Waals surface area (Å²) in [5, 5.41) is 9.37. The van der Waals surface area contributed by atoms with Crippen LogP contribution in [0.4, 0.5) is 0 Å². The van der Waals surface area contributed by atoms with Crippen molar-refractivity contribution in [3.05, 3.63) is 108 Å². The summed E-state index contributed by atoms with van der Waals surface area (Å²) in [5.41, 5.74) is 3.34. The second-order valence-electron chi connectivity index (χ2n) is 8.55. The SMILES string of the molecule is CCC1CC(CC(=O)O)CCN1C(c1ccccc1)(c1ccccc1)c1ccccc1. The number of carboxylic acids is 1. The summed E-state index contributed by atoms with van der Waals surface area (Å²) in [4.78, 5) is 14.0. The molecule has 1 fully saturated rings. The largest absolute Gasteiger partial charge is 0.481 e. The van der Waals surface area contributed by atoms with E-state index in [0.717, 1.165) is 25.8 Å². The molecule has 1 aliphatic rings. The molecule has 1 heterocycles. The van der Waals surface area contributed by atoms with Crippen molar-refractivity contribution >= 4 is 5.97 Å². The lowest BCUT2D eigenvalue weighted by Gasteiger charge is -2.52. The molecule has 3 nitrogen and oxygen atoms in total. The highest BCUT2D eigenvalue weighted by Gasteiger charge is 2.46. The van der Waals surface area contributed by atoms with Crippen LogP contribution in [-0.4, -0.2) is 28.6 Å². The van der Waals surface area contributed by atoms with Gasteiger partial charge in [0.25, 0.3) is 0 Å². The van der Waals surface area contributed by atoms with Gasteiger partial charge < -0.3 is 5.11 Å². The lowest BCUT2D eigenvalue weighted by atomic mass is 9.72. The summed E-state index contributed by atoms with van der Waals surface area (Å²) in [6, 6.07) is 32.6. The number of carbonyl (C=O) groups is 1. The molecule has 3 aromatic rings. The molecular weight excluding hydrogens is 382 g/mol. The van der Waals surface area contributed by atoms with E-state index >= 15 is 0 Å². The molecule has 0 spiro atoms. The first-order valence-corrected chi connectivity index (χ1v) is 11.3. The Balaban J connectivity index is 1.91. The van der Waals surface area contributed by atoms with Crippen LogP contribution < -0.4 is 0 Å². The Bertz CT molecular complexity index is 875. The highest BCUT2D eigenvalue weighted by Crippen LogP contribution is 2.46. The fraction of sp³-hybridized carbons (Fsp3) is 0.321. The van der Waals surface area contributed by atoms with Gasteiger partial charge in [0.15, 0.2) is 0 Å². The van der Waals surface area contributed by atoms with Crippen LogP contribution in [0.2, 0.25) is 0 Å². The minimum Gasteiger partial charge on any atom is -0.481 e. The van der Waals surface area contributed by atoms with Gasteiger partial charge in [-0.2, -0.15) is 0 Å². The molecule has 1 N–H and O–H groups in total. The molecule has 1 aliphatic heterocycles. The summed E-state index contributed by atoms with van der Waals surface area (Å²) < 4.78 is 0. The zero-order valence-corrected chi connectivity index (χ0v) is 18.2. The van der Waals surface area contributed by atoms with Gasteiger partial charge in [-0.1, -0.05) is 97.9 Å². The predicted octanol–water partition coefficient (Wildman–Crippen LogP) is 5.94. The average Bonchev–Trinajstić information content (AvgIpc) is 2.82. The van der Waals surface area contributed by atoms with Gasteiger partial charge in [0.2, 0.25) is 0 Å². The average molecular weight is 414 g/mol. The summed E-state index contributed by atoms with van der Waals surface area (Å²) >= 11 is 0. The fourth-order valence-electron chi connectivity index (χ4n) is 5.43. The second kappa shape index (κ2) is 9.49. The predicted molar refractivity (Wildman–Crippen MR) is 125 cm³/mol. The van der Waals surface area contributed by atoms with Gasteiger partial charge in [0.05, 0.1) is 5.54 Å². The van der Waals surface area contributed by atoms with Gasteiger partial charge in [-0.05, 0) is 41.9 Å². The highest BCUT2D eigenvalue weighted by molar-refractivity contribution is 5.67. The molecule has 2 unspecified atom stereocenters. The van der Waals surface area contributed by atoms with E-state index in [1.165, 1.54) is 16.7 Å². The molecule has 0 aliphatic carbocycles. The van der Waals surface area contributed by atoms with Crippen molar-refractivity contribution in [3.8, 4) is 0 Å². The van der Waals surface area contributed by atoms with Crippen LogP contribution in [0.5, 0.6) is 0 Å². The lowest BCUT2D eigenvalue weighted by Crippen LogP contribution is -2.56. The molecule has 31 heavy (non-hydrogen) atoms. The Labute approximate surface area is 185 Å². The monoisotopic (exact) mass is 413 g/mol. The van der Waals surface area contributed by atoms with E-state index in [1.54, 1.807) is 0 Å². The van der Waals surface area contributed by atoms with Gasteiger partial charge in [0, 0.05) is 19.0 Å². The molecule has 0 bridgehead atoms. The van der Waals surface area contributed by atoms with Gasteiger partial charge in [-0.3, -0.25) is 9.69 Å². The third-order valence-electron chi connectivity index (χ3n) is 6.76.